The number of benzene rings is 2. The first-order chi connectivity index (χ1) is 9.95. The molecule has 2 rings (SSSR count). The Kier molecular flexibility index (Phi) is 4.02. The van der Waals surface area contributed by atoms with Gasteiger partial charge in [0.2, 0.25) is 0 Å². The molecule has 110 valence electrons. The molecule has 0 bridgehead atoms. The second-order valence-corrected chi connectivity index (χ2v) is 4.11. The van der Waals surface area contributed by atoms with Crippen LogP contribution in [0.5, 0.6) is 5.75 Å². The Balaban J connectivity index is 2.35. The molecule has 0 aliphatic rings. The van der Waals surface area contributed by atoms with Gasteiger partial charge in [0.05, 0.1) is 24.0 Å². The van der Waals surface area contributed by atoms with E-state index in [1.54, 1.807) is 0 Å². The highest BCUT2D eigenvalue weighted by atomic mass is 19.2. The third-order valence-electron chi connectivity index (χ3n) is 2.78. The summed E-state index contributed by atoms with van der Waals surface area (Å²) < 4.78 is 44.4. The summed E-state index contributed by atoms with van der Waals surface area (Å²) in [5, 5.41) is 2.14. The highest BCUT2D eigenvalue weighted by Gasteiger charge is 2.19. The van der Waals surface area contributed by atoms with Gasteiger partial charge in [-0.05, 0) is 24.3 Å². The van der Waals surface area contributed by atoms with E-state index >= 15 is 0 Å². The lowest BCUT2D eigenvalue weighted by molar-refractivity contribution is 0.102. The first-order valence-electron chi connectivity index (χ1n) is 5.83. The van der Waals surface area contributed by atoms with Gasteiger partial charge in [-0.2, -0.15) is 0 Å². The fraction of sp³-hybridized carbons (Fsp3) is 0.0714. The van der Waals surface area contributed by atoms with E-state index in [1.165, 1.54) is 25.3 Å². The van der Waals surface area contributed by atoms with E-state index in [-0.39, 0.29) is 17.0 Å². The molecule has 0 saturated heterocycles. The molecule has 0 unspecified atom stereocenters. The van der Waals surface area contributed by atoms with Crippen LogP contribution in [-0.2, 0) is 0 Å². The number of carbonyl (C=O) groups is 1. The van der Waals surface area contributed by atoms with Gasteiger partial charge in [0, 0.05) is 0 Å². The number of ether oxygens (including phenoxy) is 1. The first-order valence-corrected chi connectivity index (χ1v) is 5.83. The number of nitrogen functional groups attached to an aromatic ring is 1. The van der Waals surface area contributed by atoms with Gasteiger partial charge in [-0.1, -0.05) is 6.07 Å². The number of rotatable bonds is 3. The van der Waals surface area contributed by atoms with E-state index < -0.39 is 29.0 Å². The van der Waals surface area contributed by atoms with Crippen LogP contribution in [0, 0.1) is 17.5 Å². The van der Waals surface area contributed by atoms with Crippen LogP contribution in [0.4, 0.5) is 24.5 Å². The fourth-order valence-corrected chi connectivity index (χ4v) is 1.77. The maximum atomic E-state index is 13.5. The van der Waals surface area contributed by atoms with Crippen molar-refractivity contribution in [3.63, 3.8) is 0 Å². The van der Waals surface area contributed by atoms with Crippen LogP contribution in [0.2, 0.25) is 0 Å². The lowest BCUT2D eigenvalue weighted by atomic mass is 10.1. The van der Waals surface area contributed by atoms with E-state index in [0.29, 0.717) is 6.07 Å². The molecule has 21 heavy (non-hydrogen) atoms. The minimum Gasteiger partial charge on any atom is -0.494 e. The fourth-order valence-electron chi connectivity index (χ4n) is 1.77. The molecule has 0 aromatic heterocycles. The topological polar surface area (TPSA) is 64.3 Å². The van der Waals surface area contributed by atoms with Gasteiger partial charge in [0.25, 0.3) is 5.91 Å². The molecule has 0 atom stereocenters. The number of anilines is 2. The van der Waals surface area contributed by atoms with E-state index in [2.05, 4.69) is 5.32 Å². The molecule has 3 N–H and O–H groups in total. The lowest BCUT2D eigenvalue weighted by Crippen LogP contribution is -2.15. The van der Waals surface area contributed by atoms with Crippen molar-refractivity contribution in [2.24, 2.45) is 0 Å². The molecular formula is C14H11F3N2O2. The number of hydrogen-bond acceptors (Lipinski definition) is 3. The second kappa shape index (κ2) is 5.74. The Morgan fingerprint density at radius 2 is 1.86 bits per heavy atom. The van der Waals surface area contributed by atoms with Crippen LogP contribution in [0.3, 0.4) is 0 Å². The highest BCUT2D eigenvalue weighted by molar-refractivity contribution is 6.07. The molecule has 0 aliphatic carbocycles. The Morgan fingerprint density at radius 3 is 2.52 bits per heavy atom. The van der Waals surface area contributed by atoms with Gasteiger partial charge in [0.1, 0.15) is 0 Å². The SMILES string of the molecule is COc1c(N)cccc1C(=O)Nc1ccc(F)c(F)c1F. The number of methoxy groups -OCH3 is 1. The predicted molar refractivity (Wildman–Crippen MR) is 71.7 cm³/mol. The summed E-state index contributed by atoms with van der Waals surface area (Å²) in [6.07, 6.45) is 0. The van der Waals surface area contributed by atoms with Crippen molar-refractivity contribution in [3.8, 4) is 5.75 Å². The third-order valence-corrected chi connectivity index (χ3v) is 2.78. The zero-order valence-corrected chi connectivity index (χ0v) is 10.9. The van der Waals surface area contributed by atoms with Crippen LogP contribution in [0.1, 0.15) is 10.4 Å². The molecule has 0 aliphatic heterocycles. The van der Waals surface area contributed by atoms with Gasteiger partial charge >= 0.3 is 0 Å². The van der Waals surface area contributed by atoms with Crippen LogP contribution in [-0.4, -0.2) is 13.0 Å². The van der Waals surface area contributed by atoms with Crippen molar-refractivity contribution in [2.75, 3.05) is 18.2 Å². The number of carbonyl (C=O) groups excluding carboxylic acids is 1. The highest BCUT2D eigenvalue weighted by Crippen LogP contribution is 2.27. The van der Waals surface area contributed by atoms with Gasteiger partial charge in [-0.15, -0.1) is 0 Å². The van der Waals surface area contributed by atoms with Gasteiger partial charge in [-0.25, -0.2) is 13.2 Å². The molecule has 2 aromatic rings. The molecular weight excluding hydrogens is 285 g/mol. The summed E-state index contributed by atoms with van der Waals surface area (Å²) in [6.45, 7) is 0. The third kappa shape index (κ3) is 2.76. The van der Waals surface area contributed by atoms with Crippen LogP contribution >= 0.6 is 0 Å². The zero-order valence-electron chi connectivity index (χ0n) is 10.9. The Labute approximate surface area is 118 Å². The van der Waals surface area contributed by atoms with Crippen LogP contribution in [0.25, 0.3) is 0 Å². The second-order valence-electron chi connectivity index (χ2n) is 4.11. The molecule has 0 fully saturated rings. The maximum absolute atomic E-state index is 13.5. The molecule has 0 heterocycles. The van der Waals surface area contributed by atoms with E-state index in [0.717, 1.165) is 6.07 Å². The molecule has 2 aromatic carbocycles. The number of halogens is 3. The summed E-state index contributed by atoms with van der Waals surface area (Å²) in [4.78, 5) is 12.1. The predicted octanol–water partition coefficient (Wildman–Crippen LogP) is 2.95. The summed E-state index contributed by atoms with van der Waals surface area (Å²) in [6, 6.07) is 6.07. The summed E-state index contributed by atoms with van der Waals surface area (Å²) in [5.74, 6) is -5.13. The summed E-state index contributed by atoms with van der Waals surface area (Å²) >= 11 is 0. The largest absolute Gasteiger partial charge is 0.494 e. The van der Waals surface area contributed by atoms with Gasteiger partial charge in [-0.3, -0.25) is 4.79 Å². The molecule has 4 nitrogen and oxygen atoms in total. The Bertz CT molecular complexity index is 705. The lowest BCUT2D eigenvalue weighted by Gasteiger charge is -2.12. The Hall–Kier alpha value is -2.70. The molecule has 0 saturated carbocycles. The van der Waals surface area contributed by atoms with Crippen molar-refractivity contribution >= 4 is 17.3 Å². The van der Waals surface area contributed by atoms with Crippen molar-refractivity contribution < 1.29 is 22.7 Å². The van der Waals surface area contributed by atoms with Crippen molar-refractivity contribution in [2.45, 2.75) is 0 Å². The number of nitrogens with two attached hydrogens (primary N) is 1. The zero-order chi connectivity index (χ0) is 15.6. The quantitative estimate of drug-likeness (QED) is 0.676. The average molecular weight is 296 g/mol. The van der Waals surface area contributed by atoms with E-state index in [1.807, 2.05) is 0 Å². The molecule has 0 spiro atoms. The number of hydrogen-bond donors (Lipinski definition) is 2. The minimum absolute atomic E-state index is 0.0432. The van der Waals surface area contributed by atoms with Crippen molar-refractivity contribution in [3.05, 3.63) is 53.3 Å². The monoisotopic (exact) mass is 296 g/mol. The molecule has 7 heteroatoms. The number of nitrogens with one attached hydrogen (secondary N) is 1. The van der Waals surface area contributed by atoms with Crippen LogP contribution in [0.15, 0.2) is 30.3 Å². The summed E-state index contributed by atoms with van der Waals surface area (Å²) in [7, 11) is 1.32. The number of amides is 1. The molecule has 1 amide bonds. The Morgan fingerprint density at radius 1 is 1.14 bits per heavy atom. The average Bonchev–Trinajstić information content (AvgIpc) is 2.47. The van der Waals surface area contributed by atoms with Crippen LogP contribution < -0.4 is 15.8 Å². The van der Waals surface area contributed by atoms with Crippen molar-refractivity contribution in [1.29, 1.82) is 0 Å². The first kappa shape index (κ1) is 14.7. The minimum atomic E-state index is -1.66. The van der Waals surface area contributed by atoms with Gasteiger partial charge in [0.15, 0.2) is 23.2 Å². The van der Waals surface area contributed by atoms with Gasteiger partial charge < -0.3 is 15.8 Å². The normalized spacial score (nSPS) is 10.3. The smallest absolute Gasteiger partial charge is 0.259 e. The number of para-hydroxylation sites is 1. The maximum Gasteiger partial charge on any atom is 0.259 e. The van der Waals surface area contributed by atoms with E-state index in [9.17, 15) is 18.0 Å². The van der Waals surface area contributed by atoms with Crippen molar-refractivity contribution in [1.82, 2.24) is 0 Å². The standard InChI is InChI=1S/C14H11F3N2O2/c1-21-13-7(3-2-4-9(13)18)14(20)19-10-6-5-8(15)11(16)12(10)17/h2-6H,18H2,1H3,(H,19,20). The van der Waals surface area contributed by atoms with E-state index in [4.69, 9.17) is 10.5 Å². The molecule has 0 radical (unpaired) electrons. The summed E-state index contributed by atoms with van der Waals surface area (Å²) in [5.41, 5.74) is 5.43.